The Balaban J connectivity index is 3.51. The van der Waals surface area contributed by atoms with Crippen LogP contribution in [0.2, 0.25) is 0 Å². The van der Waals surface area contributed by atoms with Crippen LogP contribution in [0.15, 0.2) is 0 Å². The van der Waals surface area contributed by atoms with Gasteiger partial charge in [0.2, 0.25) is 0 Å². The van der Waals surface area contributed by atoms with Crippen LogP contribution in [0.3, 0.4) is 0 Å². The highest BCUT2D eigenvalue weighted by atomic mass is 35.5. The predicted molar refractivity (Wildman–Crippen MR) is 56.7 cm³/mol. The smallest absolute Gasteiger partial charge is 0.0277 e. The molecule has 0 aromatic carbocycles. The molecule has 0 aromatic rings. The van der Waals surface area contributed by atoms with Gasteiger partial charge in [0.05, 0.1) is 0 Å². The Morgan fingerprint density at radius 1 is 1.45 bits per heavy atom. The molecule has 0 N–H and O–H groups in total. The first-order chi connectivity index (χ1) is 5.18. The number of thioether (sulfide) groups is 1. The van der Waals surface area contributed by atoms with Crippen molar-refractivity contribution < 1.29 is 0 Å². The third-order valence-corrected chi connectivity index (χ3v) is 3.65. The van der Waals surface area contributed by atoms with E-state index in [4.69, 9.17) is 11.6 Å². The van der Waals surface area contributed by atoms with Crippen molar-refractivity contribution in [2.24, 2.45) is 5.41 Å². The van der Waals surface area contributed by atoms with Crippen molar-refractivity contribution in [3.8, 4) is 0 Å². The lowest BCUT2D eigenvalue weighted by atomic mass is 9.85. The zero-order valence-electron chi connectivity index (χ0n) is 7.82. The molecule has 0 aliphatic heterocycles. The van der Waals surface area contributed by atoms with E-state index in [0.29, 0.717) is 5.41 Å². The highest BCUT2D eigenvalue weighted by Gasteiger charge is 2.19. The molecule has 0 aliphatic rings. The first kappa shape index (κ1) is 11.6. The Hall–Kier alpha value is 0.640. The molecule has 0 rings (SSSR count). The fraction of sp³-hybridized carbons (Fsp3) is 1.00. The van der Waals surface area contributed by atoms with Gasteiger partial charge < -0.3 is 0 Å². The van der Waals surface area contributed by atoms with Crippen LogP contribution in [-0.2, 0) is 0 Å². The van der Waals surface area contributed by atoms with Crippen LogP contribution in [-0.4, -0.2) is 17.9 Å². The number of hydrogen-bond donors (Lipinski definition) is 0. The lowest BCUT2D eigenvalue weighted by Gasteiger charge is -2.24. The molecule has 0 aromatic heterocycles. The Morgan fingerprint density at radius 2 is 2.09 bits per heavy atom. The average molecular weight is 195 g/mol. The highest BCUT2D eigenvalue weighted by Crippen LogP contribution is 2.29. The minimum absolute atomic E-state index is 0.386. The van der Waals surface area contributed by atoms with E-state index in [1.165, 1.54) is 25.0 Å². The van der Waals surface area contributed by atoms with Crippen LogP contribution in [0.4, 0.5) is 0 Å². The summed E-state index contributed by atoms with van der Waals surface area (Å²) in [6.07, 6.45) is 5.93. The van der Waals surface area contributed by atoms with E-state index < -0.39 is 0 Å². The average Bonchev–Trinajstić information content (AvgIpc) is 2.05. The van der Waals surface area contributed by atoms with Gasteiger partial charge in [-0.25, -0.2) is 0 Å². The summed E-state index contributed by atoms with van der Waals surface area (Å²) in [5, 5.41) is 0. The van der Waals surface area contributed by atoms with Crippen LogP contribution in [0.5, 0.6) is 0 Å². The van der Waals surface area contributed by atoms with Gasteiger partial charge >= 0.3 is 0 Å². The minimum atomic E-state index is 0.386. The second kappa shape index (κ2) is 6.19. The summed E-state index contributed by atoms with van der Waals surface area (Å²) in [4.78, 5) is 0. The molecule has 0 nitrogen and oxygen atoms in total. The van der Waals surface area contributed by atoms with E-state index in [9.17, 15) is 0 Å². The molecule has 0 fully saturated rings. The Kier molecular flexibility index (Phi) is 6.55. The standard InChI is InChI=1S/C9H19ClS/c1-4-9(2,8-10)6-5-7-11-3/h4-8H2,1-3H3. The first-order valence-electron chi connectivity index (χ1n) is 4.23. The normalized spacial score (nSPS) is 16.4. The maximum Gasteiger partial charge on any atom is 0.0277 e. The van der Waals surface area contributed by atoms with E-state index in [1.807, 2.05) is 11.8 Å². The van der Waals surface area contributed by atoms with Crippen molar-refractivity contribution in [2.45, 2.75) is 33.1 Å². The Morgan fingerprint density at radius 3 is 2.45 bits per heavy atom. The van der Waals surface area contributed by atoms with Crippen molar-refractivity contribution in [1.29, 1.82) is 0 Å². The van der Waals surface area contributed by atoms with Crippen molar-refractivity contribution in [2.75, 3.05) is 17.9 Å². The van der Waals surface area contributed by atoms with Crippen molar-refractivity contribution in [1.82, 2.24) is 0 Å². The molecule has 0 radical (unpaired) electrons. The van der Waals surface area contributed by atoms with Crippen molar-refractivity contribution in [3.05, 3.63) is 0 Å². The van der Waals surface area contributed by atoms with Crippen LogP contribution in [0.25, 0.3) is 0 Å². The molecule has 0 saturated carbocycles. The topological polar surface area (TPSA) is 0 Å². The van der Waals surface area contributed by atoms with Gasteiger partial charge in [-0.1, -0.05) is 13.8 Å². The summed E-state index contributed by atoms with van der Waals surface area (Å²) in [5.41, 5.74) is 0.386. The van der Waals surface area contributed by atoms with E-state index >= 15 is 0 Å². The zero-order chi connectivity index (χ0) is 8.74. The van der Waals surface area contributed by atoms with E-state index in [-0.39, 0.29) is 0 Å². The van der Waals surface area contributed by atoms with E-state index in [1.54, 1.807) is 0 Å². The maximum absolute atomic E-state index is 5.88. The number of halogens is 1. The van der Waals surface area contributed by atoms with Gasteiger partial charge in [-0.2, -0.15) is 11.8 Å². The fourth-order valence-electron chi connectivity index (χ4n) is 0.981. The largest absolute Gasteiger partial charge is 0.165 e. The molecule has 0 spiro atoms. The molecule has 68 valence electrons. The van der Waals surface area contributed by atoms with Gasteiger partial charge in [0.1, 0.15) is 0 Å². The summed E-state index contributed by atoms with van der Waals surface area (Å²) in [7, 11) is 0. The molecule has 0 heterocycles. The van der Waals surface area contributed by atoms with Crippen molar-refractivity contribution >= 4 is 23.4 Å². The maximum atomic E-state index is 5.88. The van der Waals surface area contributed by atoms with E-state index in [2.05, 4.69) is 20.1 Å². The van der Waals surface area contributed by atoms with Gasteiger partial charge in [-0.3, -0.25) is 0 Å². The highest BCUT2D eigenvalue weighted by molar-refractivity contribution is 7.98. The van der Waals surface area contributed by atoms with Gasteiger partial charge in [0.25, 0.3) is 0 Å². The third-order valence-electron chi connectivity index (χ3n) is 2.30. The SMILES string of the molecule is CCC(C)(CCl)CCCSC. The first-order valence-corrected chi connectivity index (χ1v) is 6.16. The minimum Gasteiger partial charge on any atom is -0.165 e. The summed E-state index contributed by atoms with van der Waals surface area (Å²) in [6, 6.07) is 0. The predicted octanol–water partition coefficient (Wildman–Crippen LogP) is 3.78. The van der Waals surface area contributed by atoms with Crippen LogP contribution in [0.1, 0.15) is 33.1 Å². The van der Waals surface area contributed by atoms with E-state index in [0.717, 1.165) is 5.88 Å². The monoisotopic (exact) mass is 194 g/mol. The van der Waals surface area contributed by atoms with Crippen LogP contribution < -0.4 is 0 Å². The summed E-state index contributed by atoms with van der Waals surface area (Å²) < 4.78 is 0. The summed E-state index contributed by atoms with van der Waals surface area (Å²) in [6.45, 7) is 4.50. The Bertz CT molecular complexity index is 89.6. The molecule has 0 aliphatic carbocycles. The van der Waals surface area contributed by atoms with Gasteiger partial charge in [0, 0.05) is 5.88 Å². The van der Waals surface area contributed by atoms with Crippen molar-refractivity contribution in [3.63, 3.8) is 0 Å². The summed E-state index contributed by atoms with van der Waals surface area (Å²) >= 11 is 7.80. The lowest BCUT2D eigenvalue weighted by Crippen LogP contribution is -2.17. The molecule has 1 unspecified atom stereocenters. The zero-order valence-corrected chi connectivity index (χ0v) is 9.39. The second-order valence-corrected chi connectivity index (χ2v) is 4.65. The van der Waals surface area contributed by atoms with Crippen LogP contribution >= 0.6 is 23.4 Å². The Labute approximate surface area is 80.1 Å². The van der Waals surface area contributed by atoms with Gasteiger partial charge in [0.15, 0.2) is 0 Å². The number of hydrogen-bond acceptors (Lipinski definition) is 1. The van der Waals surface area contributed by atoms with Gasteiger partial charge in [-0.15, -0.1) is 11.6 Å². The molecule has 1 atom stereocenters. The summed E-state index contributed by atoms with van der Waals surface area (Å²) in [5.74, 6) is 2.07. The van der Waals surface area contributed by atoms with Crippen LogP contribution in [0, 0.1) is 5.41 Å². The second-order valence-electron chi connectivity index (χ2n) is 3.39. The molecule has 0 amide bonds. The molecular weight excluding hydrogens is 176 g/mol. The molecule has 0 bridgehead atoms. The third kappa shape index (κ3) is 4.97. The quantitative estimate of drug-likeness (QED) is 0.458. The fourth-order valence-corrected chi connectivity index (χ4v) is 1.74. The van der Waals surface area contributed by atoms with Gasteiger partial charge in [-0.05, 0) is 36.7 Å². The molecule has 0 saturated heterocycles. The molecule has 2 heteroatoms. The molecular formula is C9H19ClS. The molecule has 11 heavy (non-hydrogen) atoms. The number of rotatable bonds is 6. The lowest BCUT2D eigenvalue weighted by molar-refractivity contribution is 0.326. The number of alkyl halides is 1.